The molecule has 3 aliphatic rings. The first kappa shape index (κ1) is 18.1. The first-order chi connectivity index (χ1) is 12.7. The summed E-state index contributed by atoms with van der Waals surface area (Å²) in [6.45, 7) is 12.1. The molecule has 0 spiro atoms. The Bertz CT molecular complexity index is 742. The molecule has 1 aromatic rings. The number of amidine groups is 1. The van der Waals surface area contributed by atoms with E-state index in [9.17, 15) is 4.79 Å². The molecule has 6 heteroatoms. The van der Waals surface area contributed by atoms with Gasteiger partial charge in [-0.2, -0.15) is 0 Å². The predicted molar refractivity (Wildman–Crippen MR) is 103 cm³/mol. The summed E-state index contributed by atoms with van der Waals surface area (Å²) in [6.07, 6.45) is -0.209. The molecule has 0 aromatic heterocycles. The van der Waals surface area contributed by atoms with Crippen molar-refractivity contribution < 1.29 is 14.4 Å². The minimum absolute atomic E-state index is 0.209. The van der Waals surface area contributed by atoms with Crippen molar-refractivity contribution in [1.82, 2.24) is 9.80 Å². The van der Waals surface area contributed by atoms with Crippen molar-refractivity contribution in [2.45, 2.75) is 52.5 Å². The number of oxime groups is 1. The van der Waals surface area contributed by atoms with Gasteiger partial charge >= 0.3 is 6.09 Å². The molecular weight excluding hydrogens is 342 g/mol. The van der Waals surface area contributed by atoms with Gasteiger partial charge in [0.25, 0.3) is 0 Å². The van der Waals surface area contributed by atoms with E-state index in [1.807, 2.05) is 31.7 Å². The van der Waals surface area contributed by atoms with Crippen molar-refractivity contribution in [2.75, 3.05) is 13.1 Å². The van der Waals surface area contributed by atoms with Crippen LogP contribution in [-0.4, -0.2) is 46.1 Å². The Kier molecular flexibility index (Phi) is 4.13. The topological polar surface area (TPSA) is 54.4 Å². The molecule has 0 N–H and O–H groups in total. The van der Waals surface area contributed by atoms with Crippen molar-refractivity contribution in [2.24, 2.45) is 22.9 Å². The van der Waals surface area contributed by atoms with Gasteiger partial charge in [0.2, 0.25) is 5.72 Å². The average molecular weight is 371 g/mol. The second-order valence-corrected chi connectivity index (χ2v) is 9.30. The van der Waals surface area contributed by atoms with Crippen molar-refractivity contribution in [3.63, 3.8) is 0 Å². The Morgan fingerprint density at radius 3 is 2.44 bits per heavy atom. The van der Waals surface area contributed by atoms with Gasteiger partial charge in [-0.15, -0.1) is 0 Å². The lowest BCUT2D eigenvalue weighted by Gasteiger charge is -2.32. The summed E-state index contributed by atoms with van der Waals surface area (Å²) in [5, 5.41) is 4.45. The summed E-state index contributed by atoms with van der Waals surface area (Å²) < 4.78 is 5.51. The van der Waals surface area contributed by atoms with E-state index in [4.69, 9.17) is 9.57 Å². The number of likely N-dealkylation sites (tertiary alicyclic amines) is 1. The number of hydrogen-bond donors (Lipinski definition) is 0. The number of hydrogen-bond acceptors (Lipinski definition) is 5. The Morgan fingerprint density at radius 2 is 1.85 bits per heavy atom. The molecule has 1 amide bonds. The van der Waals surface area contributed by atoms with E-state index in [1.54, 1.807) is 0 Å². The van der Waals surface area contributed by atoms with E-state index in [0.29, 0.717) is 17.8 Å². The fraction of sp³-hybridized carbons (Fsp3) is 0.619. The fourth-order valence-corrected chi connectivity index (χ4v) is 4.20. The second-order valence-electron chi connectivity index (χ2n) is 9.30. The summed E-state index contributed by atoms with van der Waals surface area (Å²) >= 11 is 0. The molecule has 0 radical (unpaired) electrons. The van der Waals surface area contributed by atoms with Crippen LogP contribution in [0.25, 0.3) is 0 Å². The van der Waals surface area contributed by atoms with Gasteiger partial charge in [-0.25, -0.2) is 4.79 Å². The van der Waals surface area contributed by atoms with Crippen LogP contribution in [0.3, 0.4) is 0 Å². The van der Waals surface area contributed by atoms with Crippen LogP contribution >= 0.6 is 0 Å². The van der Waals surface area contributed by atoms with Crippen LogP contribution in [0.2, 0.25) is 0 Å². The molecule has 2 heterocycles. The molecular formula is C21H29N3O3. The lowest BCUT2D eigenvalue weighted by atomic mass is 10.1. The van der Waals surface area contributed by atoms with Gasteiger partial charge < -0.3 is 19.4 Å². The molecule has 146 valence electrons. The van der Waals surface area contributed by atoms with Crippen molar-refractivity contribution in [3.05, 3.63) is 35.9 Å². The van der Waals surface area contributed by atoms with E-state index in [2.05, 4.69) is 48.2 Å². The SMILES string of the molecule is CC(C)(C)OC(=O)N1CC2C(C1)C2C1=NOC(C)(C)N1Cc1ccccc1. The number of nitrogens with zero attached hydrogens (tertiary/aromatic N) is 3. The number of amides is 1. The van der Waals surface area contributed by atoms with Crippen molar-refractivity contribution in [3.8, 4) is 0 Å². The van der Waals surface area contributed by atoms with Gasteiger partial charge in [0.1, 0.15) is 5.60 Å². The Labute approximate surface area is 161 Å². The highest BCUT2D eigenvalue weighted by Crippen LogP contribution is 2.54. The molecule has 0 bridgehead atoms. The van der Waals surface area contributed by atoms with E-state index in [0.717, 1.165) is 25.5 Å². The van der Waals surface area contributed by atoms with Crippen LogP contribution in [0.5, 0.6) is 0 Å². The zero-order chi connectivity index (χ0) is 19.4. The Morgan fingerprint density at radius 1 is 1.22 bits per heavy atom. The highest BCUT2D eigenvalue weighted by molar-refractivity contribution is 5.89. The second kappa shape index (κ2) is 6.14. The van der Waals surface area contributed by atoms with Gasteiger partial charge in [-0.1, -0.05) is 35.5 Å². The molecule has 2 aliphatic heterocycles. The first-order valence-corrected chi connectivity index (χ1v) is 9.71. The maximum Gasteiger partial charge on any atom is 0.410 e. The Balaban J connectivity index is 1.41. The van der Waals surface area contributed by atoms with Gasteiger partial charge in [0.05, 0.1) is 0 Å². The molecule has 2 atom stereocenters. The number of fused-ring (bicyclic) bond motifs is 1. The monoisotopic (exact) mass is 371 g/mol. The van der Waals surface area contributed by atoms with Crippen LogP contribution in [0.4, 0.5) is 4.79 Å². The first-order valence-electron chi connectivity index (χ1n) is 9.71. The van der Waals surface area contributed by atoms with Crippen LogP contribution < -0.4 is 0 Å². The zero-order valence-corrected chi connectivity index (χ0v) is 16.8. The predicted octanol–water partition coefficient (Wildman–Crippen LogP) is 3.68. The molecule has 1 saturated carbocycles. The van der Waals surface area contributed by atoms with Gasteiger partial charge in [0.15, 0.2) is 5.84 Å². The van der Waals surface area contributed by atoms with Gasteiger partial charge in [-0.3, -0.25) is 0 Å². The van der Waals surface area contributed by atoms with E-state index in [-0.39, 0.29) is 6.09 Å². The molecule has 1 aliphatic carbocycles. The molecule has 27 heavy (non-hydrogen) atoms. The molecule has 6 nitrogen and oxygen atoms in total. The molecule has 4 rings (SSSR count). The molecule has 1 saturated heterocycles. The molecule has 1 aromatic carbocycles. The number of ether oxygens (including phenoxy) is 1. The van der Waals surface area contributed by atoms with Crippen LogP contribution in [-0.2, 0) is 16.1 Å². The minimum atomic E-state index is -0.455. The highest BCUT2D eigenvalue weighted by atomic mass is 16.7. The van der Waals surface area contributed by atoms with E-state index in [1.165, 1.54) is 5.56 Å². The summed E-state index contributed by atoms with van der Waals surface area (Å²) in [6, 6.07) is 10.4. The third-order valence-corrected chi connectivity index (χ3v) is 5.62. The summed E-state index contributed by atoms with van der Waals surface area (Å²) in [7, 11) is 0. The molecule has 2 unspecified atom stereocenters. The highest BCUT2D eigenvalue weighted by Gasteiger charge is 2.62. The number of piperidine rings is 1. The van der Waals surface area contributed by atoms with Crippen molar-refractivity contribution >= 4 is 11.9 Å². The third-order valence-electron chi connectivity index (χ3n) is 5.62. The van der Waals surface area contributed by atoms with Crippen LogP contribution in [0, 0.1) is 17.8 Å². The summed E-state index contributed by atoms with van der Waals surface area (Å²) in [5.74, 6) is 2.30. The largest absolute Gasteiger partial charge is 0.444 e. The minimum Gasteiger partial charge on any atom is -0.444 e. The quantitative estimate of drug-likeness (QED) is 0.813. The lowest BCUT2D eigenvalue weighted by molar-refractivity contribution is -0.0719. The smallest absolute Gasteiger partial charge is 0.410 e. The average Bonchev–Trinajstić information content (AvgIpc) is 2.93. The van der Waals surface area contributed by atoms with Gasteiger partial charge in [-0.05, 0) is 52.0 Å². The fourth-order valence-electron chi connectivity index (χ4n) is 4.20. The molecule has 2 fully saturated rings. The van der Waals surface area contributed by atoms with Crippen LogP contribution in [0.15, 0.2) is 35.5 Å². The van der Waals surface area contributed by atoms with Crippen LogP contribution in [0.1, 0.15) is 40.2 Å². The maximum absolute atomic E-state index is 12.3. The summed E-state index contributed by atoms with van der Waals surface area (Å²) in [4.78, 5) is 22.2. The number of benzene rings is 1. The van der Waals surface area contributed by atoms with Gasteiger partial charge in [0, 0.05) is 25.6 Å². The summed E-state index contributed by atoms with van der Waals surface area (Å²) in [5.41, 5.74) is 0.334. The van der Waals surface area contributed by atoms with E-state index >= 15 is 0 Å². The standard InChI is InChI=1S/C21H29N3O3/c1-20(2,3)26-19(25)23-12-15-16(13-23)17(15)18-22-27-21(4,5)24(18)11-14-9-7-6-8-10-14/h6-10,15-17H,11-13H2,1-5H3. The third kappa shape index (κ3) is 3.49. The zero-order valence-electron chi connectivity index (χ0n) is 16.8. The normalized spacial score (nSPS) is 28.5. The van der Waals surface area contributed by atoms with E-state index < -0.39 is 11.3 Å². The van der Waals surface area contributed by atoms with Crippen molar-refractivity contribution in [1.29, 1.82) is 0 Å². The number of rotatable bonds is 3. The number of carbonyl (C=O) groups is 1. The number of carbonyl (C=O) groups excluding carboxylic acids is 1. The Hall–Kier alpha value is -2.24. The lowest BCUT2D eigenvalue weighted by Crippen LogP contribution is -2.45. The maximum atomic E-state index is 12.3.